The molecule has 4 nitrogen and oxygen atoms in total. The van der Waals surface area contributed by atoms with Gasteiger partial charge < -0.3 is 10.1 Å². The fraction of sp³-hybridized carbons (Fsp3) is 0.471. The first-order valence-corrected chi connectivity index (χ1v) is 8.18. The van der Waals surface area contributed by atoms with E-state index in [1.807, 2.05) is 18.2 Å². The van der Waals surface area contributed by atoms with Crippen LogP contribution in [0.4, 0.5) is 0 Å². The summed E-state index contributed by atoms with van der Waals surface area (Å²) in [7, 11) is 0. The molecule has 0 radical (unpaired) electrons. The predicted octanol–water partition coefficient (Wildman–Crippen LogP) is 3.39. The van der Waals surface area contributed by atoms with Crippen LogP contribution in [0.2, 0.25) is 5.02 Å². The Kier molecular flexibility index (Phi) is 3.03. The third-order valence-corrected chi connectivity index (χ3v) is 5.80. The highest BCUT2D eigenvalue weighted by Crippen LogP contribution is 2.47. The number of hydrogen-bond donors (Lipinski definition) is 2. The number of aromatic nitrogens is 1. The maximum Gasteiger partial charge on any atom is 0.308 e. The number of halogens is 1. The summed E-state index contributed by atoms with van der Waals surface area (Å²) >= 11 is 6.15. The molecule has 2 N–H and O–H groups in total. The van der Waals surface area contributed by atoms with E-state index < -0.39 is 11.5 Å². The van der Waals surface area contributed by atoms with Crippen LogP contribution in [0.25, 0.3) is 10.9 Å². The van der Waals surface area contributed by atoms with Crippen LogP contribution in [0.1, 0.15) is 31.0 Å². The van der Waals surface area contributed by atoms with Gasteiger partial charge in [-0.2, -0.15) is 0 Å². The SMILES string of the molecule is CC12c3[nH]c4ccc(Cl)cc4c3CCN1CCC[C@@H]2C(=O)O. The van der Waals surface area contributed by atoms with Crippen LogP contribution >= 0.6 is 11.6 Å². The number of carboxylic acids is 1. The maximum absolute atomic E-state index is 11.8. The number of carboxylic acid groups (broad SMARTS) is 1. The zero-order valence-corrected chi connectivity index (χ0v) is 13.3. The van der Waals surface area contributed by atoms with Gasteiger partial charge in [-0.15, -0.1) is 0 Å². The van der Waals surface area contributed by atoms with Crippen molar-refractivity contribution in [2.75, 3.05) is 13.1 Å². The number of benzene rings is 1. The molecule has 0 saturated carbocycles. The number of nitrogens with zero attached hydrogens (tertiary/aromatic N) is 1. The second kappa shape index (κ2) is 4.74. The van der Waals surface area contributed by atoms with Gasteiger partial charge in [0.1, 0.15) is 0 Å². The molecule has 3 heterocycles. The Morgan fingerprint density at radius 2 is 2.27 bits per heavy atom. The molecular weight excluding hydrogens is 300 g/mol. The average molecular weight is 319 g/mol. The quantitative estimate of drug-likeness (QED) is 0.847. The van der Waals surface area contributed by atoms with Crippen molar-refractivity contribution in [3.05, 3.63) is 34.5 Å². The summed E-state index contributed by atoms with van der Waals surface area (Å²) in [5, 5.41) is 11.6. The lowest BCUT2D eigenvalue weighted by Gasteiger charge is -2.51. The first kappa shape index (κ1) is 14.1. The monoisotopic (exact) mass is 318 g/mol. The average Bonchev–Trinajstić information content (AvgIpc) is 2.85. The number of hydrogen-bond acceptors (Lipinski definition) is 2. The van der Waals surface area contributed by atoms with Gasteiger partial charge in [0.05, 0.1) is 11.5 Å². The van der Waals surface area contributed by atoms with E-state index in [-0.39, 0.29) is 5.92 Å². The van der Waals surface area contributed by atoms with Gasteiger partial charge in [-0.05, 0) is 56.5 Å². The topological polar surface area (TPSA) is 56.3 Å². The van der Waals surface area contributed by atoms with E-state index in [0.717, 1.165) is 54.0 Å². The molecule has 1 aromatic carbocycles. The molecule has 2 aromatic rings. The second-order valence-electron chi connectivity index (χ2n) is 6.59. The summed E-state index contributed by atoms with van der Waals surface area (Å²) in [5.41, 5.74) is 2.91. The van der Waals surface area contributed by atoms with E-state index in [4.69, 9.17) is 11.6 Å². The van der Waals surface area contributed by atoms with Gasteiger partial charge in [-0.25, -0.2) is 0 Å². The van der Waals surface area contributed by atoms with E-state index in [1.54, 1.807) is 0 Å². The number of H-pyrrole nitrogens is 1. The zero-order valence-electron chi connectivity index (χ0n) is 12.5. The summed E-state index contributed by atoms with van der Waals surface area (Å²) in [6.07, 6.45) is 2.63. The predicted molar refractivity (Wildman–Crippen MR) is 86.3 cm³/mol. The lowest BCUT2D eigenvalue weighted by atomic mass is 9.72. The first-order valence-electron chi connectivity index (χ1n) is 7.80. The summed E-state index contributed by atoms with van der Waals surface area (Å²) in [4.78, 5) is 17.7. The van der Waals surface area contributed by atoms with Crippen LogP contribution in [-0.2, 0) is 16.8 Å². The Morgan fingerprint density at radius 3 is 3.05 bits per heavy atom. The van der Waals surface area contributed by atoms with Gasteiger partial charge in [-0.3, -0.25) is 9.69 Å². The van der Waals surface area contributed by atoms with E-state index in [0.29, 0.717) is 0 Å². The lowest BCUT2D eigenvalue weighted by molar-refractivity contribution is -0.152. The Bertz CT molecular complexity index is 769. The third-order valence-electron chi connectivity index (χ3n) is 5.56. The maximum atomic E-state index is 11.8. The number of fused-ring (bicyclic) bond motifs is 5. The first-order chi connectivity index (χ1) is 10.5. The van der Waals surface area contributed by atoms with Gasteiger partial charge in [0.15, 0.2) is 0 Å². The molecule has 1 aromatic heterocycles. The normalized spacial score (nSPS) is 28.4. The summed E-state index contributed by atoms with van der Waals surface area (Å²) < 4.78 is 0. The van der Waals surface area contributed by atoms with Crippen molar-refractivity contribution in [1.29, 1.82) is 0 Å². The van der Waals surface area contributed by atoms with Crippen LogP contribution in [0.5, 0.6) is 0 Å². The van der Waals surface area contributed by atoms with Crippen LogP contribution in [-0.4, -0.2) is 34.0 Å². The molecular formula is C17H19ClN2O2. The number of nitrogens with one attached hydrogen (secondary N) is 1. The van der Waals surface area contributed by atoms with Crippen molar-refractivity contribution < 1.29 is 9.90 Å². The summed E-state index contributed by atoms with van der Waals surface area (Å²) in [6, 6.07) is 5.85. The highest BCUT2D eigenvalue weighted by Gasteiger charge is 2.51. The summed E-state index contributed by atoms with van der Waals surface area (Å²) in [6.45, 7) is 3.96. The van der Waals surface area contributed by atoms with E-state index >= 15 is 0 Å². The smallest absolute Gasteiger partial charge is 0.308 e. The van der Waals surface area contributed by atoms with E-state index in [1.165, 1.54) is 5.56 Å². The Balaban J connectivity index is 1.96. The van der Waals surface area contributed by atoms with Crippen LogP contribution in [0.3, 0.4) is 0 Å². The number of rotatable bonds is 1. The molecule has 0 spiro atoms. The highest BCUT2D eigenvalue weighted by atomic mass is 35.5. The van der Waals surface area contributed by atoms with Crippen molar-refractivity contribution >= 4 is 28.5 Å². The van der Waals surface area contributed by atoms with Crippen LogP contribution < -0.4 is 0 Å². The van der Waals surface area contributed by atoms with Gasteiger partial charge in [0, 0.05) is 28.2 Å². The number of piperidine rings is 1. The fourth-order valence-electron chi connectivity index (χ4n) is 4.42. The minimum Gasteiger partial charge on any atom is -0.481 e. The second-order valence-corrected chi connectivity index (χ2v) is 7.02. The molecule has 0 amide bonds. The van der Waals surface area contributed by atoms with Crippen molar-refractivity contribution in [3.8, 4) is 0 Å². The minimum absolute atomic E-state index is 0.371. The number of aliphatic carboxylic acids is 1. The third kappa shape index (κ3) is 1.77. The van der Waals surface area contributed by atoms with Crippen molar-refractivity contribution in [2.45, 2.75) is 31.7 Å². The van der Waals surface area contributed by atoms with Gasteiger partial charge in [0.2, 0.25) is 0 Å². The molecule has 5 heteroatoms. The summed E-state index contributed by atoms with van der Waals surface area (Å²) in [5.74, 6) is -1.07. The molecule has 2 aliphatic rings. The highest BCUT2D eigenvalue weighted by molar-refractivity contribution is 6.31. The molecule has 1 fully saturated rings. The molecule has 1 unspecified atom stereocenters. The lowest BCUT2D eigenvalue weighted by Crippen LogP contribution is -2.58. The molecule has 0 bridgehead atoms. The van der Waals surface area contributed by atoms with E-state index in [2.05, 4.69) is 16.8 Å². The van der Waals surface area contributed by atoms with Crippen molar-refractivity contribution in [2.24, 2.45) is 5.92 Å². The van der Waals surface area contributed by atoms with Crippen molar-refractivity contribution in [3.63, 3.8) is 0 Å². The van der Waals surface area contributed by atoms with Gasteiger partial charge >= 0.3 is 5.97 Å². The molecule has 2 aliphatic heterocycles. The number of carbonyl (C=O) groups is 1. The van der Waals surface area contributed by atoms with Crippen LogP contribution in [0, 0.1) is 5.92 Å². The zero-order chi connectivity index (χ0) is 15.5. The fourth-order valence-corrected chi connectivity index (χ4v) is 4.59. The van der Waals surface area contributed by atoms with Gasteiger partial charge in [0.25, 0.3) is 0 Å². The molecule has 0 aliphatic carbocycles. The Labute approximate surface area is 134 Å². The minimum atomic E-state index is -0.697. The Morgan fingerprint density at radius 1 is 1.45 bits per heavy atom. The van der Waals surface area contributed by atoms with Gasteiger partial charge in [-0.1, -0.05) is 11.6 Å². The van der Waals surface area contributed by atoms with Crippen LogP contribution in [0.15, 0.2) is 18.2 Å². The number of aromatic amines is 1. The molecule has 116 valence electrons. The largest absolute Gasteiger partial charge is 0.481 e. The standard InChI is InChI=1S/C17H19ClN2O2/c1-17-13(16(21)22)3-2-7-20(17)8-6-11-12-9-10(18)4-5-14(12)19-15(11)17/h4-5,9,13,19H,2-3,6-8H2,1H3,(H,21,22)/t13-,17?/m1/s1. The van der Waals surface area contributed by atoms with Crippen molar-refractivity contribution in [1.82, 2.24) is 9.88 Å². The molecule has 4 rings (SSSR count). The molecule has 2 atom stereocenters. The Hall–Kier alpha value is -1.52. The molecule has 22 heavy (non-hydrogen) atoms. The van der Waals surface area contributed by atoms with E-state index in [9.17, 15) is 9.90 Å². The molecule has 1 saturated heterocycles.